The Balaban J connectivity index is 2.53. The highest BCUT2D eigenvalue weighted by atomic mass is 16.2. The Kier molecular flexibility index (Phi) is 2.62. The van der Waals surface area contributed by atoms with E-state index in [1.54, 1.807) is 11.0 Å². The monoisotopic (exact) mass is 155 g/mol. The second-order valence-corrected chi connectivity index (χ2v) is 2.49. The Morgan fingerprint density at radius 1 is 1.82 bits per heavy atom. The van der Waals surface area contributed by atoms with Crippen molar-refractivity contribution in [2.24, 2.45) is 5.73 Å². The van der Waals surface area contributed by atoms with Crippen molar-refractivity contribution in [2.45, 2.75) is 6.17 Å². The lowest BCUT2D eigenvalue weighted by atomic mass is 10.3. The van der Waals surface area contributed by atoms with E-state index in [1.165, 1.54) is 0 Å². The zero-order valence-electron chi connectivity index (χ0n) is 6.42. The van der Waals surface area contributed by atoms with Crippen LogP contribution in [0.4, 0.5) is 0 Å². The van der Waals surface area contributed by atoms with Crippen LogP contribution in [0.3, 0.4) is 0 Å². The molecule has 3 N–H and O–H groups in total. The summed E-state index contributed by atoms with van der Waals surface area (Å²) in [5.74, 6) is 0.0450. The summed E-state index contributed by atoms with van der Waals surface area (Å²) in [6.07, 6.45) is 1.24. The third kappa shape index (κ3) is 1.78. The maximum atomic E-state index is 11.1. The number of hydrogen-bond acceptors (Lipinski definition) is 3. The molecule has 1 amide bonds. The molecule has 0 aromatic heterocycles. The number of nitrogens with zero attached hydrogens (tertiary/aromatic N) is 1. The van der Waals surface area contributed by atoms with Gasteiger partial charge in [0.15, 0.2) is 0 Å². The lowest BCUT2D eigenvalue weighted by Gasteiger charge is -2.30. The van der Waals surface area contributed by atoms with Crippen LogP contribution in [-0.4, -0.2) is 36.6 Å². The van der Waals surface area contributed by atoms with Gasteiger partial charge in [0.05, 0.1) is 12.7 Å². The highest BCUT2D eigenvalue weighted by Gasteiger charge is 2.20. The first-order chi connectivity index (χ1) is 5.25. The van der Waals surface area contributed by atoms with Gasteiger partial charge in [0, 0.05) is 13.1 Å². The Morgan fingerprint density at radius 2 is 2.55 bits per heavy atom. The van der Waals surface area contributed by atoms with Crippen molar-refractivity contribution in [1.82, 2.24) is 10.2 Å². The Labute approximate surface area is 66.0 Å². The first kappa shape index (κ1) is 8.23. The normalized spacial score (nSPS) is 21.5. The number of carbonyl (C=O) groups excluding carboxylic acids is 1. The predicted molar refractivity (Wildman–Crippen MR) is 42.8 cm³/mol. The molecule has 1 fully saturated rings. The van der Waals surface area contributed by atoms with Gasteiger partial charge < -0.3 is 16.0 Å². The number of hydrogen-bond donors (Lipinski definition) is 2. The standard InChI is InChI=1S/C7H13N3O/c1-2-6(8)10-4-3-9-5-7(10)11/h2,6,9H,1,3-5,8H2. The number of carbonyl (C=O) groups is 1. The summed E-state index contributed by atoms with van der Waals surface area (Å²) in [6, 6.07) is 0. The van der Waals surface area contributed by atoms with E-state index in [1.807, 2.05) is 0 Å². The molecule has 1 atom stereocenters. The summed E-state index contributed by atoms with van der Waals surface area (Å²) >= 11 is 0. The van der Waals surface area contributed by atoms with Crippen LogP contribution in [0.15, 0.2) is 12.7 Å². The van der Waals surface area contributed by atoms with E-state index in [2.05, 4.69) is 11.9 Å². The second kappa shape index (κ2) is 3.50. The summed E-state index contributed by atoms with van der Waals surface area (Å²) in [7, 11) is 0. The molecule has 0 saturated carbocycles. The predicted octanol–water partition coefficient (Wildman–Crippen LogP) is -1.11. The highest BCUT2D eigenvalue weighted by Crippen LogP contribution is 1.97. The first-order valence-electron chi connectivity index (χ1n) is 3.64. The van der Waals surface area contributed by atoms with Gasteiger partial charge in [-0.2, -0.15) is 0 Å². The van der Waals surface area contributed by atoms with Crippen LogP contribution in [0.1, 0.15) is 0 Å². The molecule has 1 heterocycles. The van der Waals surface area contributed by atoms with E-state index in [0.717, 1.165) is 6.54 Å². The van der Waals surface area contributed by atoms with Crippen LogP contribution in [0.5, 0.6) is 0 Å². The van der Waals surface area contributed by atoms with Crippen LogP contribution < -0.4 is 11.1 Å². The number of rotatable bonds is 2. The van der Waals surface area contributed by atoms with Crippen LogP contribution in [0.25, 0.3) is 0 Å². The number of piperazine rings is 1. The molecular weight excluding hydrogens is 142 g/mol. The molecule has 0 aromatic rings. The molecular formula is C7H13N3O. The molecule has 1 unspecified atom stereocenters. The molecule has 0 aliphatic carbocycles. The van der Waals surface area contributed by atoms with E-state index in [9.17, 15) is 4.79 Å². The number of amides is 1. The number of nitrogens with two attached hydrogens (primary N) is 1. The molecule has 1 saturated heterocycles. The van der Waals surface area contributed by atoms with Crippen molar-refractivity contribution in [3.63, 3.8) is 0 Å². The average molecular weight is 155 g/mol. The minimum atomic E-state index is -0.329. The van der Waals surface area contributed by atoms with Crippen LogP contribution in [0.2, 0.25) is 0 Å². The summed E-state index contributed by atoms with van der Waals surface area (Å²) in [4.78, 5) is 12.7. The van der Waals surface area contributed by atoms with E-state index in [4.69, 9.17) is 5.73 Å². The first-order valence-corrected chi connectivity index (χ1v) is 3.64. The van der Waals surface area contributed by atoms with Crippen molar-refractivity contribution < 1.29 is 4.79 Å². The number of nitrogens with one attached hydrogen (secondary N) is 1. The molecule has 4 nitrogen and oxygen atoms in total. The second-order valence-electron chi connectivity index (χ2n) is 2.49. The van der Waals surface area contributed by atoms with Gasteiger partial charge in [0.1, 0.15) is 0 Å². The molecule has 11 heavy (non-hydrogen) atoms. The minimum absolute atomic E-state index is 0.0450. The van der Waals surface area contributed by atoms with Crippen molar-refractivity contribution in [1.29, 1.82) is 0 Å². The lowest BCUT2D eigenvalue weighted by Crippen LogP contribution is -2.54. The fourth-order valence-electron chi connectivity index (χ4n) is 1.06. The third-order valence-electron chi connectivity index (χ3n) is 1.73. The minimum Gasteiger partial charge on any atom is -0.321 e. The summed E-state index contributed by atoms with van der Waals surface area (Å²) in [5.41, 5.74) is 5.60. The van der Waals surface area contributed by atoms with Gasteiger partial charge in [0.2, 0.25) is 5.91 Å². The zero-order valence-corrected chi connectivity index (χ0v) is 6.42. The largest absolute Gasteiger partial charge is 0.321 e. The smallest absolute Gasteiger partial charge is 0.238 e. The molecule has 1 aliphatic heterocycles. The van der Waals surface area contributed by atoms with Crippen LogP contribution in [-0.2, 0) is 4.79 Å². The Hall–Kier alpha value is -0.870. The van der Waals surface area contributed by atoms with Crippen LogP contribution in [0, 0.1) is 0 Å². The van der Waals surface area contributed by atoms with E-state index in [-0.39, 0.29) is 12.1 Å². The molecule has 0 aromatic carbocycles. The van der Waals surface area contributed by atoms with Gasteiger partial charge in [-0.15, -0.1) is 0 Å². The van der Waals surface area contributed by atoms with Gasteiger partial charge in [-0.1, -0.05) is 12.7 Å². The van der Waals surface area contributed by atoms with Gasteiger partial charge in [0.25, 0.3) is 0 Å². The third-order valence-corrected chi connectivity index (χ3v) is 1.73. The molecule has 0 bridgehead atoms. The summed E-state index contributed by atoms with van der Waals surface area (Å²) in [5, 5.41) is 2.96. The van der Waals surface area contributed by atoms with Crippen molar-refractivity contribution >= 4 is 5.91 Å². The molecule has 62 valence electrons. The highest BCUT2D eigenvalue weighted by molar-refractivity contribution is 5.79. The van der Waals surface area contributed by atoms with E-state index >= 15 is 0 Å². The summed E-state index contributed by atoms with van der Waals surface area (Å²) in [6.45, 7) is 5.41. The molecule has 1 rings (SSSR count). The maximum absolute atomic E-state index is 11.1. The van der Waals surface area contributed by atoms with Gasteiger partial charge in [-0.25, -0.2) is 0 Å². The molecule has 0 radical (unpaired) electrons. The lowest BCUT2D eigenvalue weighted by molar-refractivity contribution is -0.133. The Morgan fingerprint density at radius 3 is 3.09 bits per heavy atom. The molecule has 4 heteroatoms. The fraction of sp³-hybridized carbons (Fsp3) is 0.571. The van der Waals surface area contributed by atoms with E-state index < -0.39 is 0 Å². The quantitative estimate of drug-likeness (QED) is 0.497. The van der Waals surface area contributed by atoms with Gasteiger partial charge >= 0.3 is 0 Å². The van der Waals surface area contributed by atoms with E-state index in [0.29, 0.717) is 13.1 Å². The fourth-order valence-corrected chi connectivity index (χ4v) is 1.06. The maximum Gasteiger partial charge on any atom is 0.238 e. The van der Waals surface area contributed by atoms with Crippen molar-refractivity contribution in [3.05, 3.63) is 12.7 Å². The molecule has 0 spiro atoms. The van der Waals surface area contributed by atoms with Gasteiger partial charge in [-0.3, -0.25) is 4.79 Å². The summed E-state index contributed by atoms with van der Waals surface area (Å²) < 4.78 is 0. The topological polar surface area (TPSA) is 58.4 Å². The molecule has 1 aliphatic rings. The van der Waals surface area contributed by atoms with Gasteiger partial charge in [-0.05, 0) is 0 Å². The SMILES string of the molecule is C=CC(N)N1CCNCC1=O. The Bertz CT molecular complexity index is 169. The van der Waals surface area contributed by atoms with Crippen LogP contribution >= 0.6 is 0 Å². The van der Waals surface area contributed by atoms with Crippen molar-refractivity contribution in [3.8, 4) is 0 Å². The average Bonchev–Trinajstić information content (AvgIpc) is 2.04. The van der Waals surface area contributed by atoms with Crippen molar-refractivity contribution in [2.75, 3.05) is 19.6 Å². The zero-order chi connectivity index (χ0) is 8.27.